The first-order valence-corrected chi connectivity index (χ1v) is 7.31. The van der Waals surface area contributed by atoms with Crippen LogP contribution in [0.3, 0.4) is 0 Å². The molecule has 3 unspecified atom stereocenters. The highest BCUT2D eigenvalue weighted by atomic mass is 16.4. The Morgan fingerprint density at radius 1 is 1.29 bits per heavy atom. The number of aliphatic carboxylic acids is 1. The maximum Gasteiger partial charge on any atom is 0.306 e. The summed E-state index contributed by atoms with van der Waals surface area (Å²) in [6.07, 6.45) is 2.59. The molecule has 1 saturated carbocycles. The Hall–Kier alpha value is -1.92. The molecule has 1 aliphatic carbocycles. The number of hydrogen-bond donors (Lipinski definition) is 2. The van der Waals surface area contributed by atoms with Crippen LogP contribution >= 0.6 is 0 Å². The predicted octanol–water partition coefficient (Wildman–Crippen LogP) is 0.141. The number of imide groups is 1. The van der Waals surface area contributed by atoms with Crippen LogP contribution in [0.1, 0.15) is 39.0 Å². The zero-order valence-corrected chi connectivity index (χ0v) is 12.0. The molecule has 7 heteroatoms. The molecule has 3 amide bonds. The Morgan fingerprint density at radius 3 is 2.57 bits per heavy atom. The molecule has 1 heterocycles. The van der Waals surface area contributed by atoms with E-state index in [4.69, 9.17) is 5.11 Å². The van der Waals surface area contributed by atoms with Gasteiger partial charge in [0.15, 0.2) is 0 Å². The van der Waals surface area contributed by atoms with Crippen LogP contribution in [0.4, 0.5) is 0 Å². The van der Waals surface area contributed by atoms with E-state index in [9.17, 15) is 19.2 Å². The van der Waals surface area contributed by atoms with Crippen LogP contribution in [0.25, 0.3) is 0 Å². The van der Waals surface area contributed by atoms with Crippen molar-refractivity contribution in [3.8, 4) is 0 Å². The molecule has 2 N–H and O–H groups in total. The van der Waals surface area contributed by atoms with Crippen molar-refractivity contribution in [3.63, 3.8) is 0 Å². The lowest BCUT2D eigenvalue weighted by Gasteiger charge is -2.37. The van der Waals surface area contributed by atoms with Crippen LogP contribution in [-0.2, 0) is 19.2 Å². The number of carbonyl (C=O) groups is 4. The maximum absolute atomic E-state index is 12.6. The molecule has 3 atom stereocenters. The van der Waals surface area contributed by atoms with Crippen LogP contribution in [0, 0.1) is 11.8 Å². The van der Waals surface area contributed by atoms with Crippen molar-refractivity contribution in [1.82, 2.24) is 10.2 Å². The highest BCUT2D eigenvalue weighted by molar-refractivity contribution is 6.04. The number of carboxylic acids is 1. The number of amides is 3. The molecule has 0 bridgehead atoms. The van der Waals surface area contributed by atoms with E-state index in [2.05, 4.69) is 5.32 Å². The summed E-state index contributed by atoms with van der Waals surface area (Å²) >= 11 is 0. The fraction of sp³-hybridized carbons (Fsp3) is 0.714. The normalized spacial score (nSPS) is 30.0. The lowest BCUT2D eigenvalue weighted by molar-refractivity contribution is -0.154. The minimum Gasteiger partial charge on any atom is -0.481 e. The van der Waals surface area contributed by atoms with Crippen LogP contribution in [-0.4, -0.2) is 46.3 Å². The van der Waals surface area contributed by atoms with E-state index in [-0.39, 0.29) is 18.9 Å². The summed E-state index contributed by atoms with van der Waals surface area (Å²) < 4.78 is 0. The lowest BCUT2D eigenvalue weighted by atomic mass is 9.80. The average Bonchev–Trinajstić information content (AvgIpc) is 2.45. The summed E-state index contributed by atoms with van der Waals surface area (Å²) in [6, 6.07) is -0.639. The van der Waals surface area contributed by atoms with Gasteiger partial charge in [-0.1, -0.05) is 13.3 Å². The lowest BCUT2D eigenvalue weighted by Crippen LogP contribution is -2.60. The van der Waals surface area contributed by atoms with Crippen molar-refractivity contribution in [2.45, 2.75) is 45.1 Å². The molecule has 0 aromatic heterocycles. The van der Waals surface area contributed by atoms with E-state index in [1.54, 1.807) is 6.92 Å². The number of piperazine rings is 1. The quantitative estimate of drug-likeness (QED) is 0.721. The summed E-state index contributed by atoms with van der Waals surface area (Å²) in [6.45, 7) is 1.65. The Labute approximate surface area is 122 Å². The van der Waals surface area contributed by atoms with Crippen molar-refractivity contribution in [2.24, 2.45) is 11.8 Å². The van der Waals surface area contributed by atoms with Crippen molar-refractivity contribution in [2.75, 3.05) is 6.54 Å². The monoisotopic (exact) mass is 296 g/mol. The maximum atomic E-state index is 12.6. The van der Waals surface area contributed by atoms with Gasteiger partial charge >= 0.3 is 5.97 Å². The van der Waals surface area contributed by atoms with Crippen molar-refractivity contribution in [3.05, 3.63) is 0 Å². The summed E-state index contributed by atoms with van der Waals surface area (Å²) in [5.74, 6) is -3.01. The van der Waals surface area contributed by atoms with Crippen LogP contribution in [0.5, 0.6) is 0 Å². The zero-order chi connectivity index (χ0) is 15.6. The van der Waals surface area contributed by atoms with E-state index in [1.165, 1.54) is 4.90 Å². The third-order valence-electron chi connectivity index (χ3n) is 4.30. The van der Waals surface area contributed by atoms with Gasteiger partial charge in [0, 0.05) is 5.92 Å². The molecule has 1 saturated heterocycles. The highest BCUT2D eigenvalue weighted by Crippen LogP contribution is 2.31. The summed E-state index contributed by atoms with van der Waals surface area (Å²) in [5, 5.41) is 11.3. The number of carbonyl (C=O) groups excluding carboxylic acids is 3. The molecule has 2 fully saturated rings. The summed E-state index contributed by atoms with van der Waals surface area (Å²) in [7, 11) is 0. The molecule has 2 rings (SSSR count). The van der Waals surface area contributed by atoms with E-state index < -0.39 is 35.7 Å². The van der Waals surface area contributed by atoms with Gasteiger partial charge in [0.2, 0.25) is 17.7 Å². The van der Waals surface area contributed by atoms with Gasteiger partial charge in [-0.25, -0.2) is 0 Å². The van der Waals surface area contributed by atoms with Gasteiger partial charge in [-0.05, 0) is 25.7 Å². The molecular weight excluding hydrogens is 276 g/mol. The largest absolute Gasteiger partial charge is 0.481 e. The standard InChI is InChI=1S/C14H20N2O5/c1-2-10-12(18)15-11(17)7-16(10)13(19)8-4-3-5-9(6-8)14(20)21/h8-10H,2-7H2,1H3,(H,20,21)(H,15,17,18). The Kier molecular flexibility index (Phi) is 4.59. The van der Waals surface area contributed by atoms with Crippen molar-refractivity contribution < 1.29 is 24.3 Å². The van der Waals surface area contributed by atoms with Gasteiger partial charge in [-0.3, -0.25) is 24.5 Å². The second-order valence-electron chi connectivity index (χ2n) is 5.70. The fourth-order valence-corrected chi connectivity index (χ4v) is 3.18. The highest BCUT2D eigenvalue weighted by Gasteiger charge is 2.40. The second kappa shape index (κ2) is 6.24. The number of carboxylic acid groups (broad SMARTS) is 1. The molecule has 2 aliphatic rings. The fourth-order valence-electron chi connectivity index (χ4n) is 3.18. The molecule has 0 aromatic rings. The Morgan fingerprint density at radius 2 is 1.95 bits per heavy atom. The molecule has 1 aliphatic heterocycles. The number of nitrogens with zero attached hydrogens (tertiary/aromatic N) is 1. The average molecular weight is 296 g/mol. The summed E-state index contributed by atoms with van der Waals surface area (Å²) in [4.78, 5) is 48.2. The Balaban J connectivity index is 2.11. The van der Waals surface area contributed by atoms with Gasteiger partial charge in [0.05, 0.1) is 5.92 Å². The Bertz CT molecular complexity index is 476. The first-order valence-electron chi connectivity index (χ1n) is 7.31. The number of rotatable bonds is 3. The zero-order valence-electron chi connectivity index (χ0n) is 12.0. The smallest absolute Gasteiger partial charge is 0.306 e. The van der Waals surface area contributed by atoms with Crippen LogP contribution in [0.15, 0.2) is 0 Å². The molecule has 0 radical (unpaired) electrons. The van der Waals surface area contributed by atoms with Gasteiger partial charge in [-0.2, -0.15) is 0 Å². The van der Waals surface area contributed by atoms with Crippen molar-refractivity contribution in [1.29, 1.82) is 0 Å². The molecule has 7 nitrogen and oxygen atoms in total. The van der Waals surface area contributed by atoms with Gasteiger partial charge in [0.1, 0.15) is 12.6 Å². The van der Waals surface area contributed by atoms with Gasteiger partial charge in [0.25, 0.3) is 0 Å². The molecule has 0 spiro atoms. The first-order chi connectivity index (χ1) is 9.93. The number of hydrogen-bond acceptors (Lipinski definition) is 4. The molecule has 116 valence electrons. The third-order valence-corrected chi connectivity index (χ3v) is 4.30. The van der Waals surface area contributed by atoms with E-state index in [0.717, 1.165) is 0 Å². The minimum atomic E-state index is -0.882. The second-order valence-corrected chi connectivity index (χ2v) is 5.70. The van der Waals surface area contributed by atoms with Gasteiger partial charge in [-0.15, -0.1) is 0 Å². The van der Waals surface area contributed by atoms with Crippen LogP contribution in [0.2, 0.25) is 0 Å². The van der Waals surface area contributed by atoms with E-state index in [1.807, 2.05) is 0 Å². The third kappa shape index (κ3) is 3.22. The SMILES string of the molecule is CCC1C(=O)NC(=O)CN1C(=O)C1CCCC(C(=O)O)C1. The summed E-state index contributed by atoms with van der Waals surface area (Å²) in [5.41, 5.74) is 0. The predicted molar refractivity (Wildman–Crippen MR) is 72.0 cm³/mol. The topological polar surface area (TPSA) is 104 Å². The van der Waals surface area contributed by atoms with Gasteiger partial charge < -0.3 is 10.0 Å². The van der Waals surface area contributed by atoms with Crippen LogP contribution < -0.4 is 5.32 Å². The van der Waals surface area contributed by atoms with Crippen molar-refractivity contribution >= 4 is 23.7 Å². The molecule has 21 heavy (non-hydrogen) atoms. The first kappa shape index (κ1) is 15.5. The molecular formula is C14H20N2O5. The number of nitrogens with one attached hydrogen (secondary N) is 1. The van der Waals surface area contributed by atoms with E-state index >= 15 is 0 Å². The van der Waals surface area contributed by atoms with E-state index in [0.29, 0.717) is 25.7 Å². The molecule has 0 aromatic carbocycles. The minimum absolute atomic E-state index is 0.128.